The monoisotopic (exact) mass is 336 g/mol. The predicted molar refractivity (Wildman–Crippen MR) is 97.7 cm³/mol. The second kappa shape index (κ2) is 5.95. The lowest BCUT2D eigenvalue weighted by molar-refractivity contribution is 0.517. The number of fused-ring (bicyclic) bond motifs is 1. The molecular formula is C18H12N2OS2. The SMILES string of the molecule is O/C(=C/c1nc2ccccc2nc1-c1cccs1)c1cccs1. The maximum atomic E-state index is 10.4. The van der Waals surface area contributed by atoms with Crippen LogP contribution in [0.15, 0.2) is 59.3 Å². The number of hydrogen-bond acceptors (Lipinski definition) is 5. The minimum absolute atomic E-state index is 0.211. The average molecular weight is 336 g/mol. The van der Waals surface area contributed by atoms with Crippen LogP contribution in [0.1, 0.15) is 10.6 Å². The predicted octanol–water partition coefficient (Wildman–Crippen LogP) is 5.48. The molecule has 0 saturated carbocycles. The van der Waals surface area contributed by atoms with Crippen molar-refractivity contribution in [3.8, 4) is 10.6 Å². The van der Waals surface area contributed by atoms with Crippen LogP contribution in [0, 0.1) is 0 Å². The van der Waals surface area contributed by atoms with Crippen molar-refractivity contribution in [2.45, 2.75) is 0 Å². The quantitative estimate of drug-likeness (QED) is 0.504. The summed E-state index contributed by atoms with van der Waals surface area (Å²) in [6, 6.07) is 15.6. The highest BCUT2D eigenvalue weighted by atomic mass is 32.1. The molecule has 1 aromatic carbocycles. The Labute approximate surface area is 141 Å². The van der Waals surface area contributed by atoms with Crippen LogP contribution in [0.2, 0.25) is 0 Å². The van der Waals surface area contributed by atoms with Gasteiger partial charge in [0.15, 0.2) is 0 Å². The van der Waals surface area contributed by atoms with E-state index in [1.54, 1.807) is 17.4 Å². The molecule has 3 aromatic heterocycles. The Hall–Kier alpha value is -2.50. The maximum absolute atomic E-state index is 10.4. The summed E-state index contributed by atoms with van der Waals surface area (Å²) in [6.07, 6.45) is 1.69. The van der Waals surface area contributed by atoms with Crippen molar-refractivity contribution in [3.63, 3.8) is 0 Å². The van der Waals surface area contributed by atoms with Crippen LogP contribution in [0.5, 0.6) is 0 Å². The van der Waals surface area contributed by atoms with Gasteiger partial charge in [-0.1, -0.05) is 24.3 Å². The first-order valence-corrected chi connectivity index (χ1v) is 8.82. The fraction of sp³-hybridized carbons (Fsp3) is 0. The second-order valence-corrected chi connectivity index (χ2v) is 6.83. The Morgan fingerprint density at radius 1 is 0.870 bits per heavy atom. The van der Waals surface area contributed by atoms with E-state index in [0.717, 1.165) is 26.5 Å². The summed E-state index contributed by atoms with van der Waals surface area (Å²) in [7, 11) is 0. The van der Waals surface area contributed by atoms with Crippen molar-refractivity contribution in [1.29, 1.82) is 0 Å². The van der Waals surface area contributed by atoms with E-state index in [-0.39, 0.29) is 5.76 Å². The van der Waals surface area contributed by atoms with E-state index in [4.69, 9.17) is 9.97 Å². The molecule has 0 amide bonds. The average Bonchev–Trinajstić information content (AvgIpc) is 3.27. The molecule has 0 aliphatic carbocycles. The van der Waals surface area contributed by atoms with Crippen LogP contribution in [-0.4, -0.2) is 15.1 Å². The van der Waals surface area contributed by atoms with Gasteiger partial charge in [0.2, 0.25) is 0 Å². The number of hydrogen-bond donors (Lipinski definition) is 1. The maximum Gasteiger partial charge on any atom is 0.134 e. The molecule has 0 aliphatic rings. The number of rotatable bonds is 3. The molecule has 112 valence electrons. The molecule has 3 nitrogen and oxygen atoms in total. The first-order chi connectivity index (χ1) is 11.3. The molecule has 4 rings (SSSR count). The summed E-state index contributed by atoms with van der Waals surface area (Å²) >= 11 is 3.11. The molecule has 5 heteroatoms. The van der Waals surface area contributed by atoms with Crippen molar-refractivity contribution in [1.82, 2.24) is 9.97 Å². The molecule has 23 heavy (non-hydrogen) atoms. The lowest BCUT2D eigenvalue weighted by Crippen LogP contribution is -1.94. The van der Waals surface area contributed by atoms with E-state index >= 15 is 0 Å². The van der Waals surface area contributed by atoms with Crippen LogP contribution in [0.4, 0.5) is 0 Å². The minimum atomic E-state index is 0.211. The standard InChI is InChI=1S/C18H12N2OS2/c21-15(16-7-3-9-22-16)11-14-18(17-8-4-10-23-17)20-13-6-2-1-5-12(13)19-14/h1-11,21H/b15-11+. The molecule has 0 atom stereocenters. The number of benzene rings is 1. The lowest BCUT2D eigenvalue weighted by atomic mass is 10.2. The molecule has 4 aromatic rings. The third-order valence-corrected chi connectivity index (χ3v) is 5.17. The lowest BCUT2D eigenvalue weighted by Gasteiger charge is -2.06. The van der Waals surface area contributed by atoms with Crippen LogP contribution < -0.4 is 0 Å². The van der Waals surface area contributed by atoms with Crippen molar-refractivity contribution in [2.75, 3.05) is 0 Å². The molecule has 0 aliphatic heterocycles. The van der Waals surface area contributed by atoms with Crippen LogP contribution in [-0.2, 0) is 0 Å². The number of aliphatic hydroxyl groups is 1. The molecular weight excluding hydrogens is 324 g/mol. The summed E-state index contributed by atoms with van der Waals surface area (Å²) < 4.78 is 0. The van der Waals surface area contributed by atoms with Crippen LogP contribution >= 0.6 is 22.7 Å². The van der Waals surface area contributed by atoms with Gasteiger partial charge in [-0.2, -0.15) is 0 Å². The number of nitrogens with zero attached hydrogens (tertiary/aromatic N) is 2. The third kappa shape index (κ3) is 2.76. The molecule has 0 radical (unpaired) electrons. The van der Waals surface area contributed by atoms with E-state index < -0.39 is 0 Å². The fourth-order valence-electron chi connectivity index (χ4n) is 2.33. The van der Waals surface area contributed by atoms with Gasteiger partial charge < -0.3 is 5.11 Å². The zero-order chi connectivity index (χ0) is 15.6. The Morgan fingerprint density at radius 2 is 1.61 bits per heavy atom. The molecule has 0 unspecified atom stereocenters. The van der Waals surface area contributed by atoms with Crippen molar-refractivity contribution in [2.24, 2.45) is 0 Å². The summed E-state index contributed by atoms with van der Waals surface area (Å²) in [5.41, 5.74) is 3.14. The highest BCUT2D eigenvalue weighted by Gasteiger charge is 2.12. The summed E-state index contributed by atoms with van der Waals surface area (Å²) in [6.45, 7) is 0. The van der Waals surface area contributed by atoms with Gasteiger partial charge in [0.1, 0.15) is 11.5 Å². The Kier molecular flexibility index (Phi) is 3.65. The summed E-state index contributed by atoms with van der Waals surface area (Å²) in [5.74, 6) is 0.211. The Bertz CT molecular complexity index is 974. The first-order valence-electron chi connectivity index (χ1n) is 7.06. The molecule has 3 heterocycles. The third-order valence-electron chi connectivity index (χ3n) is 3.40. The summed E-state index contributed by atoms with van der Waals surface area (Å²) in [5, 5.41) is 14.3. The van der Waals surface area contributed by atoms with E-state index in [2.05, 4.69) is 0 Å². The smallest absolute Gasteiger partial charge is 0.134 e. The van der Waals surface area contributed by atoms with Gasteiger partial charge in [0.05, 0.1) is 26.5 Å². The molecule has 1 N–H and O–H groups in total. The van der Waals surface area contributed by atoms with Crippen molar-refractivity contribution in [3.05, 3.63) is 69.9 Å². The zero-order valence-electron chi connectivity index (χ0n) is 12.0. The first kappa shape index (κ1) is 14.1. The normalized spacial score (nSPS) is 11.9. The van der Waals surface area contributed by atoms with Gasteiger partial charge in [-0.3, -0.25) is 0 Å². The highest BCUT2D eigenvalue weighted by molar-refractivity contribution is 7.13. The molecule has 0 fully saturated rings. The van der Waals surface area contributed by atoms with Gasteiger partial charge >= 0.3 is 0 Å². The highest BCUT2D eigenvalue weighted by Crippen LogP contribution is 2.30. The number of para-hydroxylation sites is 2. The molecule has 0 spiro atoms. The van der Waals surface area contributed by atoms with Crippen molar-refractivity contribution >= 4 is 45.5 Å². The topological polar surface area (TPSA) is 46.0 Å². The van der Waals surface area contributed by atoms with Gasteiger partial charge in [-0.15, -0.1) is 22.7 Å². The van der Waals surface area contributed by atoms with Crippen LogP contribution in [0.3, 0.4) is 0 Å². The molecule has 0 bridgehead atoms. The van der Waals surface area contributed by atoms with Gasteiger partial charge in [-0.25, -0.2) is 9.97 Å². The second-order valence-electron chi connectivity index (χ2n) is 4.93. The van der Waals surface area contributed by atoms with E-state index in [1.165, 1.54) is 11.3 Å². The molecule has 0 saturated heterocycles. The number of aliphatic hydroxyl groups excluding tert-OH is 1. The van der Waals surface area contributed by atoms with Crippen LogP contribution in [0.25, 0.3) is 33.4 Å². The van der Waals surface area contributed by atoms with E-state index in [0.29, 0.717) is 5.69 Å². The van der Waals surface area contributed by atoms with Gasteiger partial charge in [0.25, 0.3) is 0 Å². The summed E-state index contributed by atoms with van der Waals surface area (Å²) in [4.78, 5) is 11.3. The van der Waals surface area contributed by atoms with Crippen molar-refractivity contribution < 1.29 is 5.11 Å². The van der Waals surface area contributed by atoms with E-state index in [9.17, 15) is 5.11 Å². The number of aromatic nitrogens is 2. The number of thiophene rings is 2. The van der Waals surface area contributed by atoms with Gasteiger partial charge in [-0.05, 0) is 35.0 Å². The van der Waals surface area contributed by atoms with E-state index in [1.807, 2.05) is 59.3 Å². The Balaban J connectivity index is 1.93. The largest absolute Gasteiger partial charge is 0.506 e. The fourth-order valence-corrected chi connectivity index (χ4v) is 3.70. The zero-order valence-corrected chi connectivity index (χ0v) is 13.6. The van der Waals surface area contributed by atoms with Gasteiger partial charge in [0, 0.05) is 6.08 Å². The Morgan fingerprint density at radius 3 is 2.30 bits per heavy atom. The minimum Gasteiger partial charge on any atom is -0.506 e.